The molecule has 0 saturated carbocycles. The van der Waals surface area contributed by atoms with Gasteiger partial charge in [-0.3, -0.25) is 0 Å². The summed E-state index contributed by atoms with van der Waals surface area (Å²) in [6, 6.07) is 47.6. The van der Waals surface area contributed by atoms with E-state index in [9.17, 15) is 0 Å². The van der Waals surface area contributed by atoms with Crippen molar-refractivity contribution in [2.24, 2.45) is 0 Å². The second-order valence-corrected chi connectivity index (χ2v) is 10.1. The SMILES string of the molecule is c1ccc(-c2nc(-c3ccccc3)nc(-c3cccc4c3oc3ccc(-c5cccc6ccccc56)cc34)n2)cc1. The maximum Gasteiger partial charge on any atom is 0.167 e. The largest absolute Gasteiger partial charge is 0.455 e. The molecule has 0 radical (unpaired) electrons. The highest BCUT2D eigenvalue weighted by molar-refractivity contribution is 6.11. The monoisotopic (exact) mass is 525 g/mol. The molecule has 4 heteroatoms. The summed E-state index contributed by atoms with van der Waals surface area (Å²) in [5.74, 6) is 1.83. The highest BCUT2D eigenvalue weighted by Gasteiger charge is 2.18. The average molecular weight is 526 g/mol. The van der Waals surface area contributed by atoms with Gasteiger partial charge in [0.2, 0.25) is 0 Å². The first-order valence-corrected chi connectivity index (χ1v) is 13.6. The number of para-hydroxylation sites is 1. The maximum absolute atomic E-state index is 6.51. The van der Waals surface area contributed by atoms with Gasteiger partial charge in [-0.1, -0.05) is 121 Å². The minimum Gasteiger partial charge on any atom is -0.455 e. The van der Waals surface area contributed by atoms with Crippen LogP contribution in [0.4, 0.5) is 0 Å². The molecule has 2 aromatic heterocycles. The lowest BCUT2D eigenvalue weighted by atomic mass is 9.97. The molecular formula is C37H23N3O. The Balaban J connectivity index is 1.33. The molecule has 0 amide bonds. The van der Waals surface area contributed by atoms with Crippen molar-refractivity contribution in [3.8, 4) is 45.3 Å². The van der Waals surface area contributed by atoms with Crippen LogP contribution in [0, 0.1) is 0 Å². The van der Waals surface area contributed by atoms with Crippen LogP contribution in [0.5, 0.6) is 0 Å². The standard InChI is InChI=1S/C37H23N3O/c1-3-12-25(13-4-1)35-38-36(26-14-5-2-6-15-26)40-37(39-35)31-20-10-19-30-32-23-27(21-22-33(32)41-34(30)31)29-18-9-16-24-11-7-8-17-28(24)29/h1-23H. The van der Waals surface area contributed by atoms with Gasteiger partial charge in [0.15, 0.2) is 17.5 Å². The second-order valence-electron chi connectivity index (χ2n) is 10.1. The number of nitrogens with zero attached hydrogens (tertiary/aromatic N) is 3. The summed E-state index contributed by atoms with van der Waals surface area (Å²) in [7, 11) is 0. The Hall–Kier alpha value is -5.61. The summed E-state index contributed by atoms with van der Waals surface area (Å²) in [6.07, 6.45) is 0. The van der Waals surface area contributed by atoms with Gasteiger partial charge >= 0.3 is 0 Å². The Bertz CT molecular complexity index is 2140. The van der Waals surface area contributed by atoms with Gasteiger partial charge in [-0.15, -0.1) is 0 Å². The molecule has 192 valence electrons. The van der Waals surface area contributed by atoms with Crippen molar-refractivity contribution in [2.45, 2.75) is 0 Å². The molecule has 0 aliphatic rings. The lowest BCUT2D eigenvalue weighted by Gasteiger charge is -2.08. The minimum absolute atomic E-state index is 0.580. The van der Waals surface area contributed by atoms with Crippen LogP contribution in [0.25, 0.3) is 78.0 Å². The Morgan fingerprint density at radius 1 is 0.390 bits per heavy atom. The first kappa shape index (κ1) is 23.3. The number of furan rings is 1. The van der Waals surface area contributed by atoms with Crippen molar-refractivity contribution in [1.82, 2.24) is 15.0 Å². The molecule has 41 heavy (non-hydrogen) atoms. The van der Waals surface area contributed by atoms with E-state index in [2.05, 4.69) is 66.7 Å². The Morgan fingerprint density at radius 3 is 1.73 bits per heavy atom. The summed E-state index contributed by atoms with van der Waals surface area (Å²) in [4.78, 5) is 14.7. The van der Waals surface area contributed by atoms with Crippen LogP contribution in [0.15, 0.2) is 144 Å². The molecule has 2 heterocycles. The molecule has 0 atom stereocenters. The van der Waals surface area contributed by atoms with Gasteiger partial charge in [-0.25, -0.2) is 15.0 Å². The van der Waals surface area contributed by atoms with Crippen molar-refractivity contribution in [3.05, 3.63) is 140 Å². The van der Waals surface area contributed by atoms with E-state index in [1.165, 1.54) is 16.3 Å². The topological polar surface area (TPSA) is 51.8 Å². The average Bonchev–Trinajstić information content (AvgIpc) is 3.43. The number of rotatable bonds is 4. The predicted octanol–water partition coefficient (Wildman–Crippen LogP) is 9.59. The van der Waals surface area contributed by atoms with Crippen LogP contribution in [0.2, 0.25) is 0 Å². The van der Waals surface area contributed by atoms with Crippen molar-refractivity contribution >= 4 is 32.7 Å². The summed E-state index contributed by atoms with van der Waals surface area (Å²) < 4.78 is 6.51. The van der Waals surface area contributed by atoms with Crippen LogP contribution in [0.1, 0.15) is 0 Å². The Morgan fingerprint density at radius 2 is 0.976 bits per heavy atom. The molecule has 8 rings (SSSR count). The van der Waals surface area contributed by atoms with Gasteiger partial charge in [0, 0.05) is 21.9 Å². The smallest absolute Gasteiger partial charge is 0.167 e. The molecule has 0 aliphatic carbocycles. The van der Waals surface area contributed by atoms with Gasteiger partial charge < -0.3 is 4.42 Å². The van der Waals surface area contributed by atoms with Crippen LogP contribution < -0.4 is 0 Å². The highest BCUT2D eigenvalue weighted by atomic mass is 16.3. The third-order valence-electron chi connectivity index (χ3n) is 7.54. The number of benzene rings is 6. The Kier molecular flexibility index (Phi) is 5.42. The number of aromatic nitrogens is 3. The molecule has 0 bridgehead atoms. The minimum atomic E-state index is 0.580. The van der Waals surface area contributed by atoms with Gasteiger partial charge in [-0.05, 0) is 40.1 Å². The van der Waals surface area contributed by atoms with E-state index < -0.39 is 0 Å². The van der Waals surface area contributed by atoms with Gasteiger partial charge in [-0.2, -0.15) is 0 Å². The fraction of sp³-hybridized carbons (Fsp3) is 0. The number of hydrogen-bond acceptors (Lipinski definition) is 4. The lowest BCUT2D eigenvalue weighted by Crippen LogP contribution is -2.00. The van der Waals surface area contributed by atoms with E-state index in [-0.39, 0.29) is 0 Å². The van der Waals surface area contributed by atoms with E-state index in [0.29, 0.717) is 17.5 Å². The van der Waals surface area contributed by atoms with Crippen LogP contribution in [-0.4, -0.2) is 15.0 Å². The first-order chi connectivity index (χ1) is 20.3. The van der Waals surface area contributed by atoms with E-state index in [1.54, 1.807) is 0 Å². The summed E-state index contributed by atoms with van der Waals surface area (Å²) >= 11 is 0. The number of fused-ring (bicyclic) bond motifs is 4. The molecular weight excluding hydrogens is 502 g/mol. The van der Waals surface area contributed by atoms with Gasteiger partial charge in [0.1, 0.15) is 11.2 Å². The zero-order valence-corrected chi connectivity index (χ0v) is 22.0. The van der Waals surface area contributed by atoms with E-state index in [1.807, 2.05) is 72.8 Å². The van der Waals surface area contributed by atoms with Crippen LogP contribution in [-0.2, 0) is 0 Å². The lowest BCUT2D eigenvalue weighted by molar-refractivity contribution is 0.669. The Labute approximate surface area is 236 Å². The van der Waals surface area contributed by atoms with E-state index >= 15 is 0 Å². The maximum atomic E-state index is 6.51. The van der Waals surface area contributed by atoms with Crippen molar-refractivity contribution in [1.29, 1.82) is 0 Å². The predicted molar refractivity (Wildman–Crippen MR) is 166 cm³/mol. The zero-order chi connectivity index (χ0) is 27.2. The molecule has 0 N–H and O–H groups in total. The second kappa shape index (κ2) is 9.54. The van der Waals surface area contributed by atoms with Gasteiger partial charge in [0.05, 0.1) is 5.56 Å². The molecule has 4 nitrogen and oxygen atoms in total. The summed E-state index contributed by atoms with van der Waals surface area (Å²) in [5.41, 5.74) is 6.66. The third-order valence-corrected chi connectivity index (χ3v) is 7.54. The van der Waals surface area contributed by atoms with Crippen LogP contribution in [0.3, 0.4) is 0 Å². The van der Waals surface area contributed by atoms with Gasteiger partial charge in [0.25, 0.3) is 0 Å². The normalized spacial score (nSPS) is 11.4. The quantitative estimate of drug-likeness (QED) is 0.230. The van der Waals surface area contributed by atoms with Crippen molar-refractivity contribution < 1.29 is 4.42 Å². The molecule has 0 fully saturated rings. The molecule has 0 spiro atoms. The molecule has 0 aliphatic heterocycles. The molecule has 6 aromatic carbocycles. The fourth-order valence-electron chi connectivity index (χ4n) is 5.55. The van der Waals surface area contributed by atoms with Crippen LogP contribution >= 0.6 is 0 Å². The third kappa shape index (κ3) is 4.05. The van der Waals surface area contributed by atoms with Crippen molar-refractivity contribution in [2.75, 3.05) is 0 Å². The van der Waals surface area contributed by atoms with E-state index in [0.717, 1.165) is 44.2 Å². The number of hydrogen-bond donors (Lipinski definition) is 0. The zero-order valence-electron chi connectivity index (χ0n) is 22.0. The fourth-order valence-corrected chi connectivity index (χ4v) is 5.55. The first-order valence-electron chi connectivity index (χ1n) is 13.6. The van der Waals surface area contributed by atoms with E-state index in [4.69, 9.17) is 19.4 Å². The molecule has 0 saturated heterocycles. The summed E-state index contributed by atoms with van der Waals surface area (Å²) in [5, 5.41) is 4.55. The highest BCUT2D eigenvalue weighted by Crippen LogP contribution is 2.38. The van der Waals surface area contributed by atoms with Crippen molar-refractivity contribution in [3.63, 3.8) is 0 Å². The summed E-state index contributed by atoms with van der Waals surface area (Å²) in [6.45, 7) is 0. The molecule has 0 unspecified atom stereocenters. The molecule has 8 aromatic rings.